The Bertz CT molecular complexity index is 551. The predicted molar refractivity (Wildman–Crippen MR) is 72.1 cm³/mol. The number of nitrogens with zero attached hydrogens (tertiary/aromatic N) is 1. The first kappa shape index (κ1) is 15.2. The van der Waals surface area contributed by atoms with Crippen molar-refractivity contribution in [3.8, 4) is 0 Å². The second-order valence-corrected chi connectivity index (χ2v) is 6.64. The Morgan fingerprint density at radius 3 is 2.95 bits per heavy atom. The molecule has 7 heteroatoms. The maximum Gasteiger partial charge on any atom is 0.276 e. The van der Waals surface area contributed by atoms with E-state index in [9.17, 15) is 13.2 Å². The van der Waals surface area contributed by atoms with Gasteiger partial charge in [0.25, 0.3) is 10.0 Å². The number of sulfonamides is 1. The SMILES string of the molecule is CCCOC1CCCN(S(=O)(=O)c2ccc(C=O)o2)C1. The van der Waals surface area contributed by atoms with E-state index in [2.05, 4.69) is 0 Å². The average molecular weight is 301 g/mol. The van der Waals surface area contributed by atoms with Crippen molar-refractivity contribution in [1.82, 2.24) is 4.31 Å². The van der Waals surface area contributed by atoms with Crippen LogP contribution in [0.5, 0.6) is 0 Å². The van der Waals surface area contributed by atoms with Crippen LogP contribution < -0.4 is 0 Å². The molecule has 112 valence electrons. The molecule has 0 radical (unpaired) electrons. The van der Waals surface area contributed by atoms with E-state index in [1.54, 1.807) is 0 Å². The van der Waals surface area contributed by atoms with Crippen molar-refractivity contribution in [2.75, 3.05) is 19.7 Å². The zero-order valence-electron chi connectivity index (χ0n) is 11.4. The van der Waals surface area contributed by atoms with Gasteiger partial charge < -0.3 is 9.15 Å². The molecule has 0 spiro atoms. The largest absolute Gasteiger partial charge is 0.440 e. The van der Waals surface area contributed by atoms with Crippen LogP contribution in [0, 0.1) is 0 Å². The molecule has 2 heterocycles. The molecule has 0 bridgehead atoms. The molecule has 0 N–H and O–H groups in total. The Morgan fingerprint density at radius 1 is 1.50 bits per heavy atom. The summed E-state index contributed by atoms with van der Waals surface area (Å²) in [5, 5.41) is -0.184. The number of aldehydes is 1. The van der Waals surface area contributed by atoms with Gasteiger partial charge in [0.15, 0.2) is 12.0 Å². The summed E-state index contributed by atoms with van der Waals surface area (Å²) in [5.41, 5.74) is 0. The van der Waals surface area contributed by atoms with Crippen molar-refractivity contribution >= 4 is 16.3 Å². The van der Waals surface area contributed by atoms with E-state index < -0.39 is 10.0 Å². The highest BCUT2D eigenvalue weighted by Crippen LogP contribution is 2.23. The van der Waals surface area contributed by atoms with Gasteiger partial charge in [-0.05, 0) is 31.4 Å². The maximum absolute atomic E-state index is 12.4. The van der Waals surface area contributed by atoms with Gasteiger partial charge >= 0.3 is 0 Å². The standard InChI is InChI=1S/C13H19NO5S/c1-2-8-18-11-4-3-7-14(9-11)20(16,17)13-6-5-12(10-15)19-13/h5-6,10-11H,2-4,7-9H2,1H3. The molecule has 0 saturated carbocycles. The molecular formula is C13H19NO5S. The van der Waals surface area contributed by atoms with Crippen LogP contribution in [0.1, 0.15) is 36.7 Å². The topological polar surface area (TPSA) is 76.8 Å². The van der Waals surface area contributed by atoms with Crippen LogP contribution >= 0.6 is 0 Å². The Hall–Kier alpha value is -1.18. The summed E-state index contributed by atoms with van der Waals surface area (Å²) in [4.78, 5) is 10.6. The Labute approximate surface area is 118 Å². The Balaban J connectivity index is 2.10. The highest BCUT2D eigenvalue weighted by Gasteiger charge is 2.32. The smallest absolute Gasteiger partial charge is 0.276 e. The quantitative estimate of drug-likeness (QED) is 0.747. The first-order valence-electron chi connectivity index (χ1n) is 6.74. The molecule has 0 amide bonds. The number of rotatable bonds is 6. The highest BCUT2D eigenvalue weighted by atomic mass is 32.2. The van der Waals surface area contributed by atoms with Crippen molar-refractivity contribution in [1.29, 1.82) is 0 Å². The molecule has 1 aliphatic heterocycles. The summed E-state index contributed by atoms with van der Waals surface area (Å²) in [6.45, 7) is 3.43. The third kappa shape index (κ3) is 3.28. The summed E-state index contributed by atoms with van der Waals surface area (Å²) in [5.74, 6) is 0.0133. The Kier molecular flexibility index (Phi) is 4.95. The molecule has 1 aromatic rings. The minimum Gasteiger partial charge on any atom is -0.440 e. The monoisotopic (exact) mass is 301 g/mol. The van der Waals surface area contributed by atoms with Crippen molar-refractivity contribution < 1.29 is 22.4 Å². The number of hydrogen-bond donors (Lipinski definition) is 0. The predicted octanol–water partition coefficient (Wildman–Crippen LogP) is 1.67. The second-order valence-electron chi connectivity index (χ2n) is 4.77. The summed E-state index contributed by atoms with van der Waals surface area (Å²) >= 11 is 0. The molecule has 1 saturated heterocycles. The third-order valence-corrected chi connectivity index (χ3v) is 4.95. The molecule has 1 atom stereocenters. The maximum atomic E-state index is 12.4. The van der Waals surface area contributed by atoms with Gasteiger partial charge in [-0.1, -0.05) is 6.92 Å². The summed E-state index contributed by atoms with van der Waals surface area (Å²) in [6, 6.07) is 2.67. The lowest BCUT2D eigenvalue weighted by Gasteiger charge is -2.31. The van der Waals surface area contributed by atoms with Crippen LogP contribution in [0.4, 0.5) is 0 Å². The summed E-state index contributed by atoms with van der Waals surface area (Å²) in [7, 11) is -3.68. The van der Waals surface area contributed by atoms with E-state index in [0.29, 0.717) is 26.0 Å². The fraction of sp³-hybridized carbons (Fsp3) is 0.615. The van der Waals surface area contributed by atoms with E-state index in [1.807, 2.05) is 6.92 Å². The molecular weight excluding hydrogens is 282 g/mol. The third-order valence-electron chi connectivity index (χ3n) is 3.21. The van der Waals surface area contributed by atoms with E-state index in [4.69, 9.17) is 9.15 Å². The molecule has 0 aliphatic carbocycles. The van der Waals surface area contributed by atoms with E-state index in [0.717, 1.165) is 19.3 Å². The van der Waals surface area contributed by atoms with Crippen LogP contribution in [-0.4, -0.2) is 44.8 Å². The number of furan rings is 1. The van der Waals surface area contributed by atoms with Crippen molar-refractivity contribution in [3.63, 3.8) is 0 Å². The van der Waals surface area contributed by atoms with Crippen molar-refractivity contribution in [2.24, 2.45) is 0 Å². The van der Waals surface area contributed by atoms with Crippen LogP contribution in [0.2, 0.25) is 0 Å². The molecule has 1 aromatic heterocycles. The lowest BCUT2D eigenvalue weighted by molar-refractivity contribution is 0.0190. The summed E-state index contributed by atoms with van der Waals surface area (Å²) < 4.78 is 36.8. The zero-order chi connectivity index (χ0) is 14.6. The molecule has 2 rings (SSSR count). The van der Waals surface area contributed by atoms with E-state index in [-0.39, 0.29) is 17.0 Å². The van der Waals surface area contributed by atoms with Gasteiger partial charge in [0.2, 0.25) is 5.09 Å². The number of hydrogen-bond acceptors (Lipinski definition) is 5. The number of carbonyl (C=O) groups excluding carboxylic acids is 1. The highest BCUT2D eigenvalue weighted by molar-refractivity contribution is 7.89. The number of carbonyl (C=O) groups is 1. The van der Waals surface area contributed by atoms with Gasteiger partial charge in [-0.15, -0.1) is 0 Å². The number of ether oxygens (including phenoxy) is 1. The minimum atomic E-state index is -3.68. The van der Waals surface area contributed by atoms with Crippen LogP contribution in [-0.2, 0) is 14.8 Å². The lowest BCUT2D eigenvalue weighted by atomic mass is 10.1. The molecule has 0 aromatic carbocycles. The average Bonchev–Trinajstić information content (AvgIpc) is 2.95. The lowest BCUT2D eigenvalue weighted by Crippen LogP contribution is -2.43. The fourth-order valence-corrected chi connectivity index (χ4v) is 3.64. The zero-order valence-corrected chi connectivity index (χ0v) is 12.3. The molecule has 6 nitrogen and oxygen atoms in total. The van der Waals surface area contributed by atoms with E-state index in [1.165, 1.54) is 16.4 Å². The fourth-order valence-electron chi connectivity index (χ4n) is 2.21. The van der Waals surface area contributed by atoms with Crippen LogP contribution in [0.15, 0.2) is 21.6 Å². The van der Waals surface area contributed by atoms with Crippen LogP contribution in [0.25, 0.3) is 0 Å². The van der Waals surface area contributed by atoms with Gasteiger partial charge in [0.1, 0.15) is 0 Å². The second kappa shape index (κ2) is 6.51. The van der Waals surface area contributed by atoms with Crippen molar-refractivity contribution in [3.05, 3.63) is 17.9 Å². The van der Waals surface area contributed by atoms with Gasteiger partial charge in [-0.2, -0.15) is 4.31 Å². The first-order valence-corrected chi connectivity index (χ1v) is 8.18. The first-order chi connectivity index (χ1) is 9.57. The molecule has 1 unspecified atom stereocenters. The van der Waals surface area contributed by atoms with Crippen LogP contribution in [0.3, 0.4) is 0 Å². The van der Waals surface area contributed by atoms with Gasteiger partial charge in [-0.3, -0.25) is 4.79 Å². The summed E-state index contributed by atoms with van der Waals surface area (Å²) in [6.07, 6.45) is 2.95. The number of piperidine rings is 1. The normalized spacial score (nSPS) is 20.9. The minimum absolute atomic E-state index is 0.0133. The van der Waals surface area contributed by atoms with E-state index >= 15 is 0 Å². The molecule has 1 fully saturated rings. The molecule has 20 heavy (non-hydrogen) atoms. The molecule has 1 aliphatic rings. The van der Waals surface area contributed by atoms with Gasteiger partial charge in [-0.25, -0.2) is 8.42 Å². The van der Waals surface area contributed by atoms with Gasteiger partial charge in [0.05, 0.1) is 6.10 Å². The van der Waals surface area contributed by atoms with Crippen molar-refractivity contribution in [2.45, 2.75) is 37.4 Å². The Morgan fingerprint density at radius 2 is 2.30 bits per heavy atom. The van der Waals surface area contributed by atoms with Gasteiger partial charge in [0, 0.05) is 19.7 Å².